The van der Waals surface area contributed by atoms with E-state index in [0.717, 1.165) is 24.3 Å². The average molecular weight is 234 g/mol. The third kappa shape index (κ3) is 1.60. The van der Waals surface area contributed by atoms with E-state index in [1.807, 2.05) is 0 Å². The van der Waals surface area contributed by atoms with E-state index in [1.54, 1.807) is 0 Å². The zero-order chi connectivity index (χ0) is 11.5. The van der Waals surface area contributed by atoms with E-state index in [4.69, 9.17) is 5.73 Å². The van der Waals surface area contributed by atoms with Crippen molar-refractivity contribution in [3.63, 3.8) is 0 Å². The van der Waals surface area contributed by atoms with Gasteiger partial charge in [0.15, 0.2) is 0 Å². The molecule has 17 heavy (non-hydrogen) atoms. The second kappa shape index (κ2) is 3.48. The number of rotatable bonds is 3. The standard InChI is InChI=1S/C15H26N2/c16-10-14(2-1-3-14)17-15-7-11-4-12(8-15)6-13(5-11)9-15/h11-13,17H,1-10,16H2. The minimum Gasteiger partial charge on any atom is -0.329 e. The molecule has 5 aliphatic rings. The van der Waals surface area contributed by atoms with Gasteiger partial charge in [0.25, 0.3) is 0 Å². The molecule has 0 radical (unpaired) electrons. The molecule has 0 amide bonds. The molecule has 0 unspecified atom stereocenters. The minimum atomic E-state index is 0.339. The second-order valence-electron chi connectivity index (χ2n) is 7.66. The van der Waals surface area contributed by atoms with Crippen LogP contribution < -0.4 is 11.1 Å². The molecule has 0 heterocycles. The SMILES string of the molecule is NCC1(NC23CC4CC(CC(C4)C2)C3)CCC1. The molecule has 0 aliphatic heterocycles. The van der Waals surface area contributed by atoms with Crippen LogP contribution in [0.1, 0.15) is 57.8 Å². The highest BCUT2D eigenvalue weighted by molar-refractivity contribution is 5.11. The van der Waals surface area contributed by atoms with Crippen molar-refractivity contribution in [2.24, 2.45) is 23.5 Å². The smallest absolute Gasteiger partial charge is 0.0308 e. The Hall–Kier alpha value is -0.0800. The summed E-state index contributed by atoms with van der Waals surface area (Å²) in [5, 5.41) is 4.10. The van der Waals surface area contributed by atoms with Gasteiger partial charge in [0.05, 0.1) is 0 Å². The van der Waals surface area contributed by atoms with E-state index in [0.29, 0.717) is 11.1 Å². The molecule has 2 nitrogen and oxygen atoms in total. The Morgan fingerprint density at radius 2 is 1.47 bits per heavy atom. The predicted molar refractivity (Wildman–Crippen MR) is 69.7 cm³/mol. The Morgan fingerprint density at radius 1 is 0.941 bits per heavy atom. The molecule has 0 spiro atoms. The molecule has 5 aliphatic carbocycles. The van der Waals surface area contributed by atoms with E-state index < -0.39 is 0 Å². The zero-order valence-corrected chi connectivity index (χ0v) is 10.9. The van der Waals surface area contributed by atoms with Crippen molar-refractivity contribution in [3.8, 4) is 0 Å². The topological polar surface area (TPSA) is 38.0 Å². The van der Waals surface area contributed by atoms with Gasteiger partial charge in [-0.3, -0.25) is 0 Å². The first-order valence-corrected chi connectivity index (χ1v) is 7.70. The number of hydrogen-bond donors (Lipinski definition) is 2. The van der Waals surface area contributed by atoms with Crippen LogP contribution in [0.15, 0.2) is 0 Å². The molecule has 0 aromatic rings. The van der Waals surface area contributed by atoms with Crippen LogP contribution in [0.5, 0.6) is 0 Å². The molecule has 3 N–H and O–H groups in total. The van der Waals surface area contributed by atoms with Crippen LogP contribution in [0.3, 0.4) is 0 Å². The van der Waals surface area contributed by atoms with Crippen LogP contribution in [0.2, 0.25) is 0 Å². The van der Waals surface area contributed by atoms with Crippen LogP contribution in [0.25, 0.3) is 0 Å². The first-order chi connectivity index (χ1) is 8.21. The first kappa shape index (κ1) is 10.8. The van der Waals surface area contributed by atoms with Gasteiger partial charge >= 0.3 is 0 Å². The Bertz CT molecular complexity index is 278. The molecule has 2 heteroatoms. The minimum absolute atomic E-state index is 0.339. The molecule has 5 saturated carbocycles. The molecule has 5 rings (SSSR count). The van der Waals surface area contributed by atoms with Gasteiger partial charge in [-0.15, -0.1) is 0 Å². The summed E-state index contributed by atoms with van der Waals surface area (Å²) in [5.74, 6) is 3.14. The molecular formula is C15H26N2. The summed E-state index contributed by atoms with van der Waals surface area (Å²) < 4.78 is 0. The maximum absolute atomic E-state index is 6.04. The normalized spacial score (nSPS) is 50.3. The van der Waals surface area contributed by atoms with E-state index >= 15 is 0 Å². The fraction of sp³-hybridized carbons (Fsp3) is 1.00. The number of hydrogen-bond acceptors (Lipinski definition) is 2. The fourth-order valence-corrected chi connectivity index (χ4v) is 5.81. The molecule has 0 aromatic carbocycles. The van der Waals surface area contributed by atoms with Crippen LogP contribution in [0, 0.1) is 17.8 Å². The maximum Gasteiger partial charge on any atom is 0.0308 e. The Morgan fingerprint density at radius 3 is 1.82 bits per heavy atom. The van der Waals surface area contributed by atoms with Gasteiger partial charge in [0, 0.05) is 17.6 Å². The summed E-state index contributed by atoms with van der Waals surface area (Å²) in [6, 6.07) is 0. The average Bonchev–Trinajstić information content (AvgIpc) is 2.21. The van der Waals surface area contributed by atoms with Crippen LogP contribution in [0.4, 0.5) is 0 Å². The van der Waals surface area contributed by atoms with E-state index in [2.05, 4.69) is 5.32 Å². The predicted octanol–water partition coefficient (Wildman–Crippen LogP) is 2.43. The van der Waals surface area contributed by atoms with Crippen LogP contribution >= 0.6 is 0 Å². The summed E-state index contributed by atoms with van der Waals surface area (Å²) in [6.07, 6.45) is 13.0. The van der Waals surface area contributed by atoms with E-state index in [-0.39, 0.29) is 0 Å². The summed E-state index contributed by atoms with van der Waals surface area (Å²) in [4.78, 5) is 0. The van der Waals surface area contributed by atoms with Crippen LogP contribution in [-0.2, 0) is 0 Å². The molecule has 5 fully saturated rings. The van der Waals surface area contributed by atoms with Gasteiger partial charge in [-0.25, -0.2) is 0 Å². The number of nitrogens with two attached hydrogens (primary N) is 1. The van der Waals surface area contributed by atoms with E-state index in [1.165, 1.54) is 57.8 Å². The van der Waals surface area contributed by atoms with Crippen molar-refractivity contribution >= 4 is 0 Å². The highest BCUT2D eigenvalue weighted by atomic mass is 15.1. The fourth-order valence-electron chi connectivity index (χ4n) is 5.81. The van der Waals surface area contributed by atoms with Gasteiger partial charge in [0.1, 0.15) is 0 Å². The van der Waals surface area contributed by atoms with Crippen molar-refractivity contribution in [2.45, 2.75) is 68.9 Å². The van der Waals surface area contributed by atoms with Crippen molar-refractivity contribution < 1.29 is 0 Å². The summed E-state index contributed by atoms with van der Waals surface area (Å²) in [6.45, 7) is 0.856. The largest absolute Gasteiger partial charge is 0.329 e. The maximum atomic E-state index is 6.04. The Balaban J connectivity index is 1.56. The zero-order valence-electron chi connectivity index (χ0n) is 10.9. The lowest BCUT2D eigenvalue weighted by Gasteiger charge is -2.61. The van der Waals surface area contributed by atoms with Crippen molar-refractivity contribution in [2.75, 3.05) is 6.54 Å². The summed E-state index contributed by atoms with van der Waals surface area (Å²) >= 11 is 0. The van der Waals surface area contributed by atoms with Gasteiger partial charge in [0.2, 0.25) is 0 Å². The lowest BCUT2D eigenvalue weighted by Crippen LogP contribution is -2.68. The molecule has 4 bridgehead atoms. The quantitative estimate of drug-likeness (QED) is 0.787. The summed E-state index contributed by atoms with van der Waals surface area (Å²) in [5.41, 5.74) is 6.88. The number of nitrogens with one attached hydrogen (secondary N) is 1. The van der Waals surface area contributed by atoms with E-state index in [9.17, 15) is 0 Å². The highest BCUT2D eigenvalue weighted by Crippen LogP contribution is 2.56. The molecular weight excluding hydrogens is 208 g/mol. The summed E-state index contributed by atoms with van der Waals surface area (Å²) in [7, 11) is 0. The monoisotopic (exact) mass is 234 g/mol. The molecule has 96 valence electrons. The van der Waals surface area contributed by atoms with Crippen molar-refractivity contribution in [1.29, 1.82) is 0 Å². The molecule has 0 atom stereocenters. The Kier molecular flexibility index (Phi) is 2.21. The van der Waals surface area contributed by atoms with Crippen molar-refractivity contribution in [1.82, 2.24) is 5.32 Å². The lowest BCUT2D eigenvalue weighted by molar-refractivity contribution is -0.0452. The molecule has 0 aromatic heterocycles. The van der Waals surface area contributed by atoms with Gasteiger partial charge in [-0.05, 0) is 75.5 Å². The van der Waals surface area contributed by atoms with Crippen LogP contribution in [-0.4, -0.2) is 17.6 Å². The highest BCUT2D eigenvalue weighted by Gasteiger charge is 2.53. The van der Waals surface area contributed by atoms with Gasteiger partial charge < -0.3 is 11.1 Å². The van der Waals surface area contributed by atoms with Crippen molar-refractivity contribution in [3.05, 3.63) is 0 Å². The Labute approximate surface area is 105 Å². The molecule has 0 saturated heterocycles. The van der Waals surface area contributed by atoms with Gasteiger partial charge in [-0.2, -0.15) is 0 Å². The second-order valence-corrected chi connectivity index (χ2v) is 7.66. The first-order valence-electron chi connectivity index (χ1n) is 7.70. The third-order valence-corrected chi connectivity index (χ3v) is 6.27. The third-order valence-electron chi connectivity index (χ3n) is 6.27. The lowest BCUT2D eigenvalue weighted by atomic mass is 9.52. The van der Waals surface area contributed by atoms with Gasteiger partial charge in [-0.1, -0.05) is 0 Å².